The van der Waals surface area contributed by atoms with Crippen molar-refractivity contribution in [1.82, 2.24) is 0 Å². The first-order valence-corrected chi connectivity index (χ1v) is 48.9. The largest absolute Gasteiger partial charge is 0.300 e. The van der Waals surface area contributed by atoms with E-state index in [1.54, 1.807) is 6.92 Å². The molecule has 0 aromatic rings. The zero-order chi connectivity index (χ0) is 114. The van der Waals surface area contributed by atoms with Gasteiger partial charge in [-0.15, -0.1) is 0 Å². The van der Waals surface area contributed by atoms with Gasteiger partial charge in [-0.05, 0) is 119 Å². The summed E-state index contributed by atoms with van der Waals surface area (Å²) >= 11 is 0. The highest BCUT2D eigenvalue weighted by Gasteiger charge is 2.22. The van der Waals surface area contributed by atoms with Crippen LogP contribution in [0, 0.1) is 0 Å². The minimum absolute atomic E-state index is 0.0159. The molecule has 0 unspecified atom stereocenters. The Labute approximate surface area is 847 Å². The Bertz CT molecular complexity index is 4310. The van der Waals surface area contributed by atoms with Crippen molar-refractivity contribution in [2.75, 3.05) is 0 Å². The third-order valence-corrected chi connectivity index (χ3v) is 18.9. The normalized spacial score (nSPS) is 9.60. The van der Waals surface area contributed by atoms with Crippen LogP contribution in [0.25, 0.3) is 0 Å². The number of hydrogen-bond donors (Lipinski definition) is 0. The van der Waals surface area contributed by atoms with Crippen molar-refractivity contribution >= 4 is 214 Å². The molecule has 0 radical (unpaired) electrons. The fourth-order valence-corrected chi connectivity index (χ4v) is 10.1. The molecule has 0 atom stereocenters. The van der Waals surface area contributed by atoms with Crippen molar-refractivity contribution in [3.05, 3.63) is 0 Å². The predicted molar refractivity (Wildman–Crippen MR) is 532 cm³/mol. The van der Waals surface area contributed by atoms with Gasteiger partial charge in [-0.3, -0.25) is 153 Å². The summed E-state index contributed by atoms with van der Waals surface area (Å²) in [7, 11) is 0. The lowest BCUT2D eigenvalue weighted by Gasteiger charge is -2.00. The lowest BCUT2D eigenvalue weighted by atomic mass is 10.0. The van der Waals surface area contributed by atoms with Crippen molar-refractivity contribution in [1.29, 1.82) is 0 Å². The Morgan fingerprint density at radius 1 is 0.118 bits per heavy atom. The summed E-state index contributed by atoms with van der Waals surface area (Å²) < 4.78 is 0. The predicted octanol–water partition coefficient (Wildman–Crippen LogP) is 14.1. The summed E-state index contributed by atoms with van der Waals surface area (Å²) in [6, 6.07) is 0. The number of hydrogen-bond acceptors (Lipinski definition) is 37. The molecule has 0 fully saturated rings. The average Bonchev–Trinajstić information content (AvgIpc) is 0.947. The second-order valence-electron chi connectivity index (χ2n) is 33.9. The highest BCUT2D eigenvalue weighted by molar-refractivity contribution is 6.64. The van der Waals surface area contributed by atoms with Gasteiger partial charge < -0.3 is 24.0 Å². The molecular formula is C107H162O37. The Morgan fingerprint density at radius 3 is 0.646 bits per heavy atom. The van der Waals surface area contributed by atoms with E-state index in [0.29, 0.717) is 109 Å². The highest BCUT2D eigenvalue weighted by Crippen LogP contribution is 2.11. The van der Waals surface area contributed by atoms with Gasteiger partial charge in [-0.2, -0.15) is 0 Å². The van der Waals surface area contributed by atoms with Crippen LogP contribution in [0.4, 0.5) is 0 Å². The van der Waals surface area contributed by atoms with Gasteiger partial charge in [-0.25, -0.2) is 0 Å². The van der Waals surface area contributed by atoms with E-state index in [1.165, 1.54) is 83.1 Å². The molecular weight excluding hydrogens is 1880 g/mol. The summed E-state index contributed by atoms with van der Waals surface area (Å²) in [6.07, 6.45) is 21.2. The quantitative estimate of drug-likeness (QED) is 0.0310. The molecule has 37 nitrogen and oxygen atoms in total. The Balaban J connectivity index is -0.000000150. The number of rotatable bonds is 74. The summed E-state index contributed by atoms with van der Waals surface area (Å²) in [5.41, 5.74) is 0. The molecule has 0 amide bonds. The summed E-state index contributed by atoms with van der Waals surface area (Å²) in [5, 5.41) is 0. The van der Waals surface area contributed by atoms with Gasteiger partial charge in [0.1, 0.15) is 75.2 Å². The first-order chi connectivity index (χ1) is 66.7. The molecule has 37 heteroatoms. The van der Waals surface area contributed by atoms with Gasteiger partial charge in [-0.1, -0.05) is 92.9 Å². The van der Waals surface area contributed by atoms with Crippen LogP contribution in [0.5, 0.6) is 0 Å². The Morgan fingerprint density at radius 2 is 0.326 bits per heavy atom. The van der Waals surface area contributed by atoms with Crippen LogP contribution in [-0.4, -0.2) is 214 Å². The second-order valence-corrected chi connectivity index (χ2v) is 33.9. The molecule has 812 valence electrons. The molecule has 0 bridgehead atoms. The average molecular weight is 2040 g/mol. The fourth-order valence-electron chi connectivity index (χ4n) is 10.1. The third kappa shape index (κ3) is 122. The van der Waals surface area contributed by atoms with Crippen molar-refractivity contribution in [2.45, 2.75) is 461 Å². The first-order valence-electron chi connectivity index (χ1n) is 48.9. The number of ketones is 37. The minimum atomic E-state index is -0.969. The highest BCUT2D eigenvalue weighted by atomic mass is 16.2. The number of unbranched alkanes of at least 4 members (excludes halogenated alkanes) is 9. The van der Waals surface area contributed by atoms with E-state index in [4.69, 9.17) is 0 Å². The first kappa shape index (κ1) is 155. The third-order valence-electron chi connectivity index (χ3n) is 18.9. The molecule has 0 saturated heterocycles. The smallest absolute Gasteiger partial charge is 0.263 e. The maximum absolute atomic E-state index is 11.3. The second kappa shape index (κ2) is 102. The van der Waals surface area contributed by atoms with Crippen molar-refractivity contribution in [3.8, 4) is 0 Å². The van der Waals surface area contributed by atoms with E-state index in [-0.39, 0.29) is 220 Å². The van der Waals surface area contributed by atoms with E-state index in [9.17, 15) is 177 Å². The van der Waals surface area contributed by atoms with Crippen molar-refractivity contribution < 1.29 is 177 Å². The lowest BCUT2D eigenvalue weighted by Crippen LogP contribution is -2.21. The summed E-state index contributed by atoms with van der Waals surface area (Å²) in [6.45, 7) is 32.3. The molecule has 0 N–H and O–H groups in total. The van der Waals surface area contributed by atoms with Gasteiger partial charge >= 0.3 is 0 Å². The molecule has 0 aliphatic carbocycles. The van der Waals surface area contributed by atoms with Gasteiger partial charge in [0.05, 0.1) is 25.7 Å². The Kier molecular flexibility index (Phi) is 110. The van der Waals surface area contributed by atoms with Crippen LogP contribution in [0.3, 0.4) is 0 Å². The van der Waals surface area contributed by atoms with E-state index in [0.717, 1.165) is 105 Å². The van der Waals surface area contributed by atoms with Crippen LogP contribution in [-0.2, 0) is 177 Å². The molecule has 0 saturated carbocycles. The number of carbonyl (C=O) groups is 37. The summed E-state index contributed by atoms with van der Waals surface area (Å²) in [4.78, 5) is 397. The minimum Gasteiger partial charge on any atom is -0.300 e. The van der Waals surface area contributed by atoms with Gasteiger partial charge in [0.25, 0.3) is 11.6 Å². The maximum Gasteiger partial charge on any atom is 0.263 e. The van der Waals surface area contributed by atoms with Gasteiger partial charge in [0.15, 0.2) is 92.5 Å². The lowest BCUT2D eigenvalue weighted by molar-refractivity contribution is -0.143. The molecule has 0 aromatic heterocycles. The van der Waals surface area contributed by atoms with E-state index < -0.39 is 116 Å². The van der Waals surface area contributed by atoms with Gasteiger partial charge in [0, 0.05) is 223 Å². The zero-order valence-corrected chi connectivity index (χ0v) is 89.5. The van der Waals surface area contributed by atoms with Crippen LogP contribution < -0.4 is 0 Å². The van der Waals surface area contributed by atoms with Crippen molar-refractivity contribution in [3.63, 3.8) is 0 Å². The van der Waals surface area contributed by atoms with Crippen LogP contribution in [0.2, 0.25) is 0 Å². The maximum atomic E-state index is 11.3. The molecule has 0 aliphatic heterocycles. The number of Topliss-reactive ketones (excluding diaryl/α,β-unsaturated/α-hetero) is 37. The molecule has 0 spiro atoms. The SMILES string of the molecule is CC(=O)C(=O)CCCC(=O)C(C)=O.CC(=O)CC(=O)CCC(=O)C(C)=O.CC(=O)CCC(=O)CC(=O)C(C)=O.CC(=O)CCCC(=O)C(=O)C(C)=O.CC(=O)CCCCC(=O)C(C)=O.CCC(=O)CCCC(=O)C(C)=O.CCCC(=O)CCC(=O)C(C)=O.CCCCC(=O)CC(=O)C(C)=O.CCCCCC(=O)C(=O)C(C)=O.CCCCCC(=O)CC(=O)CCCC(C)=O.CCCCCCC(=O)C(=O)CCCC(C)=O. The zero-order valence-electron chi connectivity index (χ0n) is 89.5. The van der Waals surface area contributed by atoms with Gasteiger partial charge in [0.2, 0.25) is 34.7 Å². The van der Waals surface area contributed by atoms with E-state index in [1.807, 2.05) is 20.8 Å². The van der Waals surface area contributed by atoms with Crippen LogP contribution >= 0.6 is 0 Å². The number of carbonyl (C=O) groups excluding carboxylic acids is 37. The molecule has 0 rings (SSSR count). The molecule has 0 aromatic carbocycles. The molecule has 0 aliphatic rings. The molecule has 144 heavy (non-hydrogen) atoms. The van der Waals surface area contributed by atoms with Crippen molar-refractivity contribution in [2.24, 2.45) is 0 Å². The summed E-state index contributed by atoms with van der Waals surface area (Å²) in [5.74, 6) is -13.5. The monoisotopic (exact) mass is 2040 g/mol. The topological polar surface area (TPSA) is 632 Å². The van der Waals surface area contributed by atoms with E-state index >= 15 is 0 Å². The fraction of sp³-hybridized carbons (Fsp3) is 0.654. The van der Waals surface area contributed by atoms with Crippen LogP contribution in [0.1, 0.15) is 461 Å². The van der Waals surface area contributed by atoms with E-state index in [2.05, 4.69) is 13.8 Å². The Hall–Kier alpha value is -12.2. The standard InChI is InChI=1S/2C13H22O3.4C9H12O4.5C9H14O3/c1-3-4-5-8-12(15)10-13(16)9-6-7-11(2)14;1-3-4-5-6-9-12(15)13(16)10-7-8-11(2)14;1-6(10)5-8(12)3-4-9(13)7(2)11;1-6(10)3-4-8(12)5-9(13)7(2)11;1-6(10)8(12)4-3-5-9(13)7(2)11;1-6(10)4-3-5-8(12)9(13)7(2)11;1-7(10)5-3-4-6-9(12)8(2)11;1-3-8(11)5-4-6-9(12)7(2)10;1-3-4-8(11)5-6-9(12)7(2)10;1-3-4-5-8(11)6-9(12)7(2)10;1-3-4-5-6-8(11)9(12)7(2)10/h2*3-10H2,1-2H3;4*3-5H2,1-2H3;5*3-6H2,1-2H3. The molecule has 0 heterocycles. The van der Waals surface area contributed by atoms with Crippen LogP contribution in [0.15, 0.2) is 0 Å².